The van der Waals surface area contributed by atoms with Crippen molar-refractivity contribution in [1.29, 1.82) is 0 Å². The highest BCUT2D eigenvalue weighted by molar-refractivity contribution is 5.84. The number of halogens is 2. The van der Waals surface area contributed by atoms with Gasteiger partial charge in [-0.2, -0.15) is 0 Å². The molecule has 1 fully saturated rings. The van der Waals surface area contributed by atoms with E-state index >= 15 is 0 Å². The highest BCUT2D eigenvalue weighted by Crippen LogP contribution is 2.26. The topological polar surface area (TPSA) is 64.3 Å². The number of amides is 1. The highest BCUT2D eigenvalue weighted by Gasteiger charge is 2.38. The molecule has 1 aromatic rings. The molecule has 0 bridgehead atoms. The van der Waals surface area contributed by atoms with Crippen LogP contribution in [0.15, 0.2) is 18.2 Å². The van der Waals surface area contributed by atoms with Crippen LogP contribution in [0.1, 0.15) is 33.1 Å². The first-order chi connectivity index (χ1) is 9.80. The standard InChI is InChI=1S/C15H20F2N2O2/c1-9(21-13-6-3-10(16)7-12(13)17)8-15(2,14(18)20)19-11-4-5-11/h3,6-7,9,11,19H,4-5,8H2,1-2H3,(H2,18,20). The minimum absolute atomic E-state index is 0.0397. The Labute approximate surface area is 122 Å². The molecular formula is C15H20F2N2O2. The van der Waals surface area contributed by atoms with E-state index in [9.17, 15) is 13.6 Å². The molecule has 1 aromatic carbocycles. The molecule has 2 atom stereocenters. The van der Waals surface area contributed by atoms with E-state index in [1.165, 1.54) is 6.07 Å². The minimum Gasteiger partial charge on any atom is -0.488 e. The van der Waals surface area contributed by atoms with Crippen LogP contribution in [0.5, 0.6) is 5.75 Å². The van der Waals surface area contributed by atoms with Crippen molar-refractivity contribution in [3.63, 3.8) is 0 Å². The van der Waals surface area contributed by atoms with Gasteiger partial charge in [-0.15, -0.1) is 0 Å². The molecule has 21 heavy (non-hydrogen) atoms. The number of hydrogen-bond donors (Lipinski definition) is 2. The maximum Gasteiger partial charge on any atom is 0.237 e. The van der Waals surface area contributed by atoms with Crippen molar-refractivity contribution >= 4 is 5.91 Å². The molecule has 4 nitrogen and oxygen atoms in total. The van der Waals surface area contributed by atoms with Gasteiger partial charge in [0.15, 0.2) is 11.6 Å². The summed E-state index contributed by atoms with van der Waals surface area (Å²) in [6, 6.07) is 3.42. The number of hydrogen-bond acceptors (Lipinski definition) is 3. The molecule has 0 saturated heterocycles. The minimum atomic E-state index is -0.906. The van der Waals surface area contributed by atoms with Crippen molar-refractivity contribution in [3.8, 4) is 5.75 Å². The second-order valence-corrected chi connectivity index (χ2v) is 5.82. The summed E-state index contributed by atoms with van der Waals surface area (Å²) < 4.78 is 31.9. The van der Waals surface area contributed by atoms with Gasteiger partial charge in [0.2, 0.25) is 5.91 Å². The predicted octanol–water partition coefficient (Wildman–Crippen LogP) is 2.12. The molecule has 0 aromatic heterocycles. The van der Waals surface area contributed by atoms with Crippen LogP contribution in [0.3, 0.4) is 0 Å². The largest absolute Gasteiger partial charge is 0.488 e. The van der Waals surface area contributed by atoms with Gasteiger partial charge in [-0.25, -0.2) is 8.78 Å². The molecule has 1 aliphatic rings. The van der Waals surface area contributed by atoms with E-state index in [4.69, 9.17) is 10.5 Å². The lowest BCUT2D eigenvalue weighted by atomic mass is 9.93. The second kappa shape index (κ2) is 5.97. The molecule has 0 aliphatic heterocycles. The van der Waals surface area contributed by atoms with Gasteiger partial charge in [-0.1, -0.05) is 0 Å². The molecular weight excluding hydrogens is 278 g/mol. The van der Waals surface area contributed by atoms with E-state index in [2.05, 4.69) is 5.32 Å². The van der Waals surface area contributed by atoms with Crippen molar-refractivity contribution in [1.82, 2.24) is 5.32 Å². The summed E-state index contributed by atoms with van der Waals surface area (Å²) in [6.07, 6.45) is 1.89. The van der Waals surface area contributed by atoms with Gasteiger partial charge in [0.05, 0.1) is 11.6 Å². The first-order valence-electron chi connectivity index (χ1n) is 6.99. The Kier molecular flexibility index (Phi) is 4.46. The van der Waals surface area contributed by atoms with Gasteiger partial charge in [0, 0.05) is 18.5 Å². The third kappa shape index (κ3) is 4.14. The number of benzene rings is 1. The van der Waals surface area contributed by atoms with Gasteiger partial charge in [-0.3, -0.25) is 4.79 Å². The second-order valence-electron chi connectivity index (χ2n) is 5.82. The Morgan fingerprint density at radius 1 is 1.52 bits per heavy atom. The monoisotopic (exact) mass is 298 g/mol. The maximum atomic E-state index is 13.6. The van der Waals surface area contributed by atoms with Crippen LogP contribution in [0.2, 0.25) is 0 Å². The lowest BCUT2D eigenvalue weighted by Gasteiger charge is -2.30. The lowest BCUT2D eigenvalue weighted by molar-refractivity contribution is -0.124. The third-order valence-electron chi connectivity index (χ3n) is 3.56. The molecule has 1 saturated carbocycles. The highest BCUT2D eigenvalue weighted by atomic mass is 19.1. The van der Waals surface area contributed by atoms with Gasteiger partial charge in [0.1, 0.15) is 5.82 Å². The van der Waals surface area contributed by atoms with Crippen LogP contribution in [-0.2, 0) is 4.79 Å². The number of ether oxygens (including phenoxy) is 1. The normalized spacial score (nSPS) is 18.9. The van der Waals surface area contributed by atoms with E-state index in [1.54, 1.807) is 13.8 Å². The average Bonchev–Trinajstić information content (AvgIpc) is 3.16. The summed E-state index contributed by atoms with van der Waals surface area (Å²) in [5, 5.41) is 3.20. The first kappa shape index (κ1) is 15.7. The summed E-state index contributed by atoms with van der Waals surface area (Å²) in [7, 11) is 0. The zero-order valence-corrected chi connectivity index (χ0v) is 12.2. The SMILES string of the molecule is CC(CC(C)(NC1CC1)C(N)=O)Oc1ccc(F)cc1F. The Morgan fingerprint density at radius 3 is 2.71 bits per heavy atom. The summed E-state index contributed by atoms with van der Waals surface area (Å²) in [5.41, 5.74) is 4.55. The fourth-order valence-electron chi connectivity index (χ4n) is 2.31. The Hall–Kier alpha value is -1.69. The zero-order valence-electron chi connectivity index (χ0n) is 12.2. The molecule has 2 unspecified atom stereocenters. The Morgan fingerprint density at radius 2 is 2.19 bits per heavy atom. The van der Waals surface area contributed by atoms with E-state index < -0.39 is 29.2 Å². The molecule has 6 heteroatoms. The van der Waals surface area contributed by atoms with Gasteiger partial charge < -0.3 is 15.8 Å². The first-order valence-corrected chi connectivity index (χ1v) is 6.99. The summed E-state index contributed by atoms with van der Waals surface area (Å²) in [5.74, 6) is -1.94. The summed E-state index contributed by atoms with van der Waals surface area (Å²) in [6.45, 7) is 3.44. The summed E-state index contributed by atoms with van der Waals surface area (Å²) >= 11 is 0. The van der Waals surface area contributed by atoms with E-state index in [-0.39, 0.29) is 5.75 Å². The molecule has 2 rings (SSSR count). The number of rotatable bonds is 7. The number of carbonyl (C=O) groups is 1. The third-order valence-corrected chi connectivity index (χ3v) is 3.56. The van der Waals surface area contributed by atoms with Crippen LogP contribution in [-0.4, -0.2) is 23.6 Å². The molecule has 1 aliphatic carbocycles. The maximum absolute atomic E-state index is 13.6. The lowest BCUT2D eigenvalue weighted by Crippen LogP contribution is -2.55. The van der Waals surface area contributed by atoms with Crippen LogP contribution < -0.4 is 15.8 Å². The smallest absolute Gasteiger partial charge is 0.237 e. The quantitative estimate of drug-likeness (QED) is 0.810. The number of nitrogens with one attached hydrogen (secondary N) is 1. The number of carbonyl (C=O) groups excluding carboxylic acids is 1. The van der Waals surface area contributed by atoms with Gasteiger partial charge in [-0.05, 0) is 38.8 Å². The van der Waals surface area contributed by atoms with Crippen LogP contribution >= 0.6 is 0 Å². The van der Waals surface area contributed by atoms with Crippen LogP contribution in [0.4, 0.5) is 8.78 Å². The van der Waals surface area contributed by atoms with E-state index in [1.807, 2.05) is 0 Å². The van der Waals surface area contributed by atoms with E-state index in [0.29, 0.717) is 12.5 Å². The van der Waals surface area contributed by atoms with Crippen molar-refractivity contribution in [2.24, 2.45) is 5.73 Å². The van der Waals surface area contributed by atoms with Crippen molar-refractivity contribution in [2.45, 2.75) is 50.8 Å². The molecule has 0 heterocycles. The molecule has 3 N–H and O–H groups in total. The number of primary amides is 1. The fourth-order valence-corrected chi connectivity index (χ4v) is 2.31. The number of nitrogens with two attached hydrogens (primary N) is 1. The van der Waals surface area contributed by atoms with Crippen molar-refractivity contribution in [3.05, 3.63) is 29.8 Å². The van der Waals surface area contributed by atoms with Gasteiger partial charge in [0.25, 0.3) is 0 Å². The predicted molar refractivity (Wildman–Crippen MR) is 74.8 cm³/mol. The van der Waals surface area contributed by atoms with Gasteiger partial charge >= 0.3 is 0 Å². The van der Waals surface area contributed by atoms with Crippen LogP contribution in [0, 0.1) is 11.6 Å². The molecule has 0 spiro atoms. The zero-order chi connectivity index (χ0) is 15.6. The van der Waals surface area contributed by atoms with Crippen LogP contribution in [0.25, 0.3) is 0 Å². The summed E-state index contributed by atoms with van der Waals surface area (Å²) in [4.78, 5) is 11.7. The van der Waals surface area contributed by atoms with Crippen molar-refractivity contribution in [2.75, 3.05) is 0 Å². The Bertz CT molecular complexity index is 534. The van der Waals surface area contributed by atoms with Crippen molar-refractivity contribution < 1.29 is 18.3 Å². The van der Waals surface area contributed by atoms with E-state index in [0.717, 1.165) is 25.0 Å². The average molecular weight is 298 g/mol. The molecule has 1 amide bonds. The Balaban J connectivity index is 2.01. The molecule has 116 valence electrons. The molecule has 0 radical (unpaired) electrons. The fraction of sp³-hybridized carbons (Fsp3) is 0.533.